The molecule has 1 amide bonds. The third-order valence-electron chi connectivity index (χ3n) is 7.57. The van der Waals surface area contributed by atoms with Crippen LogP contribution in [0.3, 0.4) is 0 Å². The molecule has 1 saturated carbocycles. The molecule has 1 spiro atoms. The van der Waals surface area contributed by atoms with Crippen LogP contribution >= 0.6 is 0 Å². The number of carboxylic acids is 1. The lowest BCUT2D eigenvalue weighted by atomic mass is 9.60. The third kappa shape index (κ3) is 4.55. The van der Waals surface area contributed by atoms with Crippen molar-refractivity contribution in [1.29, 1.82) is 0 Å². The van der Waals surface area contributed by atoms with Gasteiger partial charge in [-0.05, 0) is 88.3 Å². The Kier molecular flexibility index (Phi) is 5.59. The Morgan fingerprint density at radius 2 is 1.89 bits per heavy atom. The molecule has 10 nitrogen and oxygen atoms in total. The van der Waals surface area contributed by atoms with Crippen LogP contribution in [-0.2, 0) is 4.74 Å². The molecule has 0 radical (unpaired) electrons. The normalized spacial score (nSPS) is 17.6. The number of carboxylic acid groups (broad SMARTS) is 1. The fourth-order valence-corrected chi connectivity index (χ4v) is 5.65. The smallest absolute Gasteiger partial charge is 0.410 e. The van der Waals surface area contributed by atoms with E-state index in [-0.39, 0.29) is 17.3 Å². The predicted molar refractivity (Wildman–Crippen MR) is 141 cm³/mol. The second-order valence-corrected chi connectivity index (χ2v) is 11.5. The lowest BCUT2D eigenvalue weighted by Crippen LogP contribution is -2.53. The number of likely N-dealkylation sites (tertiary alicyclic amines) is 1. The van der Waals surface area contributed by atoms with Crippen LogP contribution < -0.4 is 5.32 Å². The Morgan fingerprint density at radius 3 is 2.61 bits per heavy atom. The van der Waals surface area contributed by atoms with Gasteiger partial charge < -0.3 is 24.5 Å². The van der Waals surface area contributed by atoms with Crippen LogP contribution in [0, 0.1) is 5.41 Å². The molecule has 10 heteroatoms. The number of hydrogen-bond acceptors (Lipinski definition) is 7. The van der Waals surface area contributed by atoms with Gasteiger partial charge in [-0.25, -0.2) is 19.1 Å². The Morgan fingerprint density at radius 1 is 1.13 bits per heavy atom. The molecule has 6 rings (SSSR count). The molecular weight excluding hydrogens is 486 g/mol. The molecule has 4 heterocycles. The number of nitrogens with zero attached hydrogens (tertiary/aromatic N) is 4. The molecule has 1 aliphatic carbocycles. The van der Waals surface area contributed by atoms with Gasteiger partial charge >= 0.3 is 12.1 Å². The summed E-state index contributed by atoms with van der Waals surface area (Å²) in [6.45, 7) is 7.15. The Balaban J connectivity index is 1.12. The van der Waals surface area contributed by atoms with Crippen molar-refractivity contribution in [2.24, 2.45) is 5.41 Å². The first-order valence-corrected chi connectivity index (χ1v) is 12.9. The van der Waals surface area contributed by atoms with E-state index in [1.165, 1.54) is 6.07 Å². The topological polar surface area (TPSA) is 122 Å². The molecule has 0 atom stereocenters. The van der Waals surface area contributed by atoms with Crippen molar-refractivity contribution in [2.75, 3.05) is 18.4 Å². The number of aromatic carboxylic acids is 1. The largest absolute Gasteiger partial charge is 0.475 e. The van der Waals surface area contributed by atoms with Gasteiger partial charge in [0.15, 0.2) is 5.65 Å². The summed E-state index contributed by atoms with van der Waals surface area (Å²) in [6.07, 6.45) is 5.63. The maximum absolute atomic E-state index is 12.4. The second-order valence-electron chi connectivity index (χ2n) is 11.5. The molecule has 1 aromatic carbocycles. The lowest BCUT2D eigenvalue weighted by Gasteiger charge is -2.52. The highest BCUT2D eigenvalue weighted by atomic mass is 16.6. The maximum Gasteiger partial charge on any atom is 0.410 e. The zero-order chi connectivity index (χ0) is 26.7. The summed E-state index contributed by atoms with van der Waals surface area (Å²) in [5.41, 5.74) is 2.72. The van der Waals surface area contributed by atoms with Crippen LogP contribution in [0.15, 0.2) is 47.0 Å². The highest BCUT2D eigenvalue weighted by Gasteiger charge is 2.46. The van der Waals surface area contributed by atoms with E-state index in [0.717, 1.165) is 61.5 Å². The van der Waals surface area contributed by atoms with Crippen molar-refractivity contribution < 1.29 is 23.8 Å². The first-order valence-electron chi connectivity index (χ1n) is 12.9. The van der Waals surface area contributed by atoms with E-state index in [9.17, 15) is 14.7 Å². The Hall–Kier alpha value is -4.08. The first kappa shape index (κ1) is 24.3. The van der Waals surface area contributed by atoms with Crippen molar-refractivity contribution in [1.82, 2.24) is 19.5 Å². The third-order valence-corrected chi connectivity index (χ3v) is 7.57. The van der Waals surface area contributed by atoms with Gasteiger partial charge in [0, 0.05) is 30.1 Å². The van der Waals surface area contributed by atoms with Crippen LogP contribution in [0.4, 0.5) is 10.6 Å². The minimum Gasteiger partial charge on any atom is -0.475 e. The number of carbonyl (C=O) groups is 2. The van der Waals surface area contributed by atoms with Crippen LogP contribution in [0.25, 0.3) is 27.9 Å². The van der Waals surface area contributed by atoms with E-state index in [0.29, 0.717) is 17.0 Å². The van der Waals surface area contributed by atoms with Gasteiger partial charge in [-0.3, -0.25) is 0 Å². The standard InChI is InChI=1S/C28H31N5O5/c1-27(2,3)38-26(36)32-10-8-28(9-11-32)14-19(15-28)30-23-6-7-24-29-16-20(33(24)31-23)17-4-5-21-18(12-17)13-22(37-21)25(34)35/h4-7,12-13,16,19H,8-11,14-15H2,1-3H3,(H,30,31)(H,34,35). The Bertz CT molecular complexity index is 1530. The molecule has 3 aromatic heterocycles. The summed E-state index contributed by atoms with van der Waals surface area (Å²) in [4.78, 5) is 30.0. The number of fused-ring (bicyclic) bond motifs is 2. The number of benzene rings is 1. The van der Waals surface area contributed by atoms with E-state index in [2.05, 4.69) is 10.3 Å². The number of piperidine rings is 1. The zero-order valence-electron chi connectivity index (χ0n) is 21.7. The van der Waals surface area contributed by atoms with Crippen LogP contribution in [-0.4, -0.2) is 61.4 Å². The number of furan rings is 1. The number of carbonyl (C=O) groups excluding carboxylic acids is 1. The summed E-state index contributed by atoms with van der Waals surface area (Å²) < 4.78 is 12.7. The molecule has 1 saturated heterocycles. The van der Waals surface area contributed by atoms with Gasteiger partial charge in [-0.1, -0.05) is 0 Å². The predicted octanol–water partition coefficient (Wildman–Crippen LogP) is 5.43. The average Bonchev–Trinajstić information content (AvgIpc) is 3.46. The minimum atomic E-state index is -1.10. The van der Waals surface area contributed by atoms with E-state index in [4.69, 9.17) is 14.3 Å². The first-order chi connectivity index (χ1) is 18.1. The maximum atomic E-state index is 12.4. The molecule has 38 heavy (non-hydrogen) atoms. The molecule has 198 valence electrons. The second kappa shape index (κ2) is 8.75. The van der Waals surface area contributed by atoms with E-state index >= 15 is 0 Å². The van der Waals surface area contributed by atoms with Crippen LogP contribution in [0.2, 0.25) is 0 Å². The summed E-state index contributed by atoms with van der Waals surface area (Å²) in [6, 6.07) is 11.3. The van der Waals surface area contributed by atoms with E-state index in [1.54, 1.807) is 16.8 Å². The summed E-state index contributed by atoms with van der Waals surface area (Å²) >= 11 is 0. The number of nitrogens with one attached hydrogen (secondary N) is 1. The monoisotopic (exact) mass is 517 g/mol. The lowest BCUT2D eigenvalue weighted by molar-refractivity contribution is -0.00865. The fraction of sp³-hybridized carbons (Fsp3) is 0.429. The van der Waals surface area contributed by atoms with Crippen molar-refractivity contribution in [3.8, 4) is 11.3 Å². The molecule has 2 fully saturated rings. The van der Waals surface area contributed by atoms with Gasteiger partial charge in [0.1, 0.15) is 17.0 Å². The van der Waals surface area contributed by atoms with Gasteiger partial charge in [-0.15, -0.1) is 5.10 Å². The van der Waals surface area contributed by atoms with Crippen molar-refractivity contribution in [3.63, 3.8) is 0 Å². The SMILES string of the molecule is CC(C)(C)OC(=O)N1CCC2(CC1)CC(Nc1ccc3ncc(-c4ccc5oc(C(=O)O)cc5c4)n3n1)C2. The van der Waals surface area contributed by atoms with E-state index < -0.39 is 11.6 Å². The fourth-order valence-electron chi connectivity index (χ4n) is 5.65. The number of rotatable bonds is 4. The van der Waals surface area contributed by atoms with Crippen LogP contribution in [0.5, 0.6) is 0 Å². The quantitative estimate of drug-likeness (QED) is 0.367. The molecule has 2 N–H and O–H groups in total. The molecule has 0 bridgehead atoms. The minimum absolute atomic E-state index is 0.0892. The van der Waals surface area contributed by atoms with Gasteiger partial charge in [0.2, 0.25) is 5.76 Å². The van der Waals surface area contributed by atoms with Crippen molar-refractivity contribution in [3.05, 3.63) is 48.4 Å². The van der Waals surface area contributed by atoms with Gasteiger partial charge in [0.05, 0.1) is 11.9 Å². The number of aromatic nitrogens is 3. The van der Waals surface area contributed by atoms with Gasteiger partial charge in [-0.2, -0.15) is 0 Å². The summed E-state index contributed by atoms with van der Waals surface area (Å²) in [5, 5.41) is 18.3. The van der Waals surface area contributed by atoms with Crippen molar-refractivity contribution >= 4 is 34.5 Å². The molecular formula is C28H31N5O5. The summed E-state index contributed by atoms with van der Waals surface area (Å²) in [7, 11) is 0. The Labute approximate surface area is 219 Å². The molecule has 1 aliphatic heterocycles. The molecule has 4 aromatic rings. The van der Waals surface area contributed by atoms with Gasteiger partial charge in [0.25, 0.3) is 0 Å². The zero-order valence-corrected chi connectivity index (χ0v) is 21.7. The highest BCUT2D eigenvalue weighted by Crippen LogP contribution is 2.50. The molecule has 2 aliphatic rings. The summed E-state index contributed by atoms with van der Waals surface area (Å²) in [5.74, 6) is -0.407. The van der Waals surface area contributed by atoms with Crippen molar-refractivity contribution in [2.45, 2.75) is 58.1 Å². The van der Waals surface area contributed by atoms with E-state index in [1.807, 2.05) is 49.9 Å². The molecule has 0 unspecified atom stereocenters. The number of amides is 1. The number of hydrogen-bond donors (Lipinski definition) is 2. The number of ether oxygens (including phenoxy) is 1. The number of anilines is 1. The highest BCUT2D eigenvalue weighted by molar-refractivity contribution is 5.92. The number of imidazole rings is 1. The average molecular weight is 518 g/mol. The van der Waals surface area contributed by atoms with Crippen LogP contribution in [0.1, 0.15) is 57.0 Å².